The monoisotopic (exact) mass is 353 g/mol. The first-order valence-corrected chi connectivity index (χ1v) is 10.7. The van der Waals surface area contributed by atoms with Gasteiger partial charge >= 0.3 is 0 Å². The fourth-order valence-electron chi connectivity index (χ4n) is 3.96. The number of nitrogens with zero attached hydrogens (tertiary/aromatic N) is 1. The van der Waals surface area contributed by atoms with Crippen molar-refractivity contribution in [2.24, 2.45) is 5.92 Å². The average molecular weight is 354 g/mol. The summed E-state index contributed by atoms with van der Waals surface area (Å²) in [7, 11) is 0. The Morgan fingerprint density at radius 2 is 2.17 bits per heavy atom. The highest BCUT2D eigenvalue weighted by Crippen LogP contribution is 2.46. The number of ether oxygens (including phenoxy) is 2. The van der Waals surface area contributed by atoms with Crippen LogP contribution in [0.3, 0.4) is 0 Å². The number of rotatable bonds is 5. The van der Waals surface area contributed by atoms with Gasteiger partial charge in [-0.2, -0.15) is 0 Å². The van der Waals surface area contributed by atoms with Crippen LogP contribution < -0.4 is 0 Å². The molecule has 1 spiro atoms. The zero-order valence-electron chi connectivity index (χ0n) is 14.0. The Bertz CT molecular complexity index is 521. The summed E-state index contributed by atoms with van der Waals surface area (Å²) < 4.78 is 12.2. The van der Waals surface area contributed by atoms with E-state index in [4.69, 9.17) is 9.47 Å². The lowest BCUT2D eigenvalue weighted by Gasteiger charge is -2.47. The molecule has 0 radical (unpaired) electrons. The number of thiophene rings is 1. The van der Waals surface area contributed by atoms with E-state index in [1.54, 1.807) is 0 Å². The SMILES string of the molecule is Cc1ccsc1CN1CC2(CC(OCC3CCOCC3)CS2)C1. The second-order valence-electron chi connectivity index (χ2n) is 7.38. The molecule has 1 atom stereocenters. The van der Waals surface area contributed by atoms with Crippen LogP contribution >= 0.6 is 23.1 Å². The van der Waals surface area contributed by atoms with Gasteiger partial charge in [-0.3, -0.25) is 4.90 Å². The predicted octanol–water partition coefficient (Wildman–Crippen LogP) is 3.56. The second-order valence-corrected chi connectivity index (χ2v) is 9.87. The molecular formula is C18H27NO2S2. The van der Waals surface area contributed by atoms with E-state index in [9.17, 15) is 0 Å². The third-order valence-corrected chi connectivity index (χ3v) is 8.03. The van der Waals surface area contributed by atoms with Gasteiger partial charge in [-0.05, 0) is 49.1 Å². The average Bonchev–Trinajstić information content (AvgIpc) is 3.13. The second kappa shape index (κ2) is 7.04. The lowest BCUT2D eigenvalue weighted by Crippen LogP contribution is -2.58. The summed E-state index contributed by atoms with van der Waals surface area (Å²) >= 11 is 4.06. The molecule has 3 aliphatic heterocycles. The number of aryl methyl sites for hydroxylation is 1. The van der Waals surface area contributed by atoms with E-state index in [0.29, 0.717) is 10.9 Å². The lowest BCUT2D eigenvalue weighted by molar-refractivity contribution is -0.0132. The van der Waals surface area contributed by atoms with Crippen molar-refractivity contribution in [1.29, 1.82) is 0 Å². The minimum atomic E-state index is 0.480. The maximum absolute atomic E-state index is 6.24. The van der Waals surface area contributed by atoms with Crippen LogP contribution in [0.15, 0.2) is 11.4 Å². The van der Waals surface area contributed by atoms with Crippen LogP contribution in [0.4, 0.5) is 0 Å². The van der Waals surface area contributed by atoms with E-state index in [0.717, 1.165) is 32.3 Å². The van der Waals surface area contributed by atoms with Crippen molar-refractivity contribution in [2.75, 3.05) is 38.7 Å². The van der Waals surface area contributed by atoms with Crippen LogP contribution in [0.25, 0.3) is 0 Å². The number of thioether (sulfide) groups is 1. The molecule has 5 heteroatoms. The molecule has 0 amide bonds. The Morgan fingerprint density at radius 1 is 1.35 bits per heavy atom. The Kier molecular flexibility index (Phi) is 5.02. The van der Waals surface area contributed by atoms with Gasteiger partial charge in [-0.15, -0.1) is 23.1 Å². The number of hydrogen-bond donors (Lipinski definition) is 0. The van der Waals surface area contributed by atoms with E-state index in [1.165, 1.54) is 48.5 Å². The zero-order valence-corrected chi connectivity index (χ0v) is 15.6. The molecule has 4 rings (SSSR count). The first-order chi connectivity index (χ1) is 11.2. The van der Waals surface area contributed by atoms with Crippen molar-refractivity contribution >= 4 is 23.1 Å². The molecule has 1 aromatic rings. The van der Waals surface area contributed by atoms with Crippen LogP contribution in [0.1, 0.15) is 29.7 Å². The maximum Gasteiger partial charge on any atom is 0.0680 e. The van der Waals surface area contributed by atoms with Crippen LogP contribution in [-0.2, 0) is 16.0 Å². The van der Waals surface area contributed by atoms with Crippen LogP contribution in [0.2, 0.25) is 0 Å². The van der Waals surface area contributed by atoms with Crippen LogP contribution in [0.5, 0.6) is 0 Å². The Balaban J connectivity index is 1.20. The molecule has 3 aliphatic rings. The number of likely N-dealkylation sites (tertiary alicyclic amines) is 1. The van der Waals surface area contributed by atoms with Gasteiger partial charge in [-0.1, -0.05) is 0 Å². The van der Waals surface area contributed by atoms with E-state index >= 15 is 0 Å². The van der Waals surface area contributed by atoms with Gasteiger partial charge in [-0.25, -0.2) is 0 Å². The van der Waals surface area contributed by atoms with Gasteiger partial charge in [0, 0.05) is 54.8 Å². The molecule has 3 saturated heterocycles. The minimum absolute atomic E-state index is 0.480. The summed E-state index contributed by atoms with van der Waals surface area (Å²) in [4.78, 5) is 4.14. The highest BCUT2D eigenvalue weighted by molar-refractivity contribution is 8.01. The van der Waals surface area contributed by atoms with Crippen molar-refractivity contribution in [2.45, 2.75) is 43.6 Å². The topological polar surface area (TPSA) is 21.7 Å². The van der Waals surface area contributed by atoms with E-state index in [-0.39, 0.29) is 0 Å². The van der Waals surface area contributed by atoms with Crippen molar-refractivity contribution in [3.05, 3.63) is 21.9 Å². The third-order valence-electron chi connectivity index (χ3n) is 5.44. The summed E-state index contributed by atoms with van der Waals surface area (Å²) in [5.74, 6) is 1.92. The molecule has 0 saturated carbocycles. The van der Waals surface area contributed by atoms with Crippen molar-refractivity contribution < 1.29 is 9.47 Å². The van der Waals surface area contributed by atoms with Crippen molar-refractivity contribution in [3.63, 3.8) is 0 Å². The molecule has 1 aromatic heterocycles. The van der Waals surface area contributed by atoms with Gasteiger partial charge in [0.25, 0.3) is 0 Å². The fraction of sp³-hybridized carbons (Fsp3) is 0.778. The molecular weight excluding hydrogens is 326 g/mol. The Labute approximate surface area is 147 Å². The summed E-state index contributed by atoms with van der Waals surface area (Å²) in [6, 6.07) is 2.24. The first kappa shape index (κ1) is 16.4. The smallest absolute Gasteiger partial charge is 0.0680 e. The van der Waals surface area contributed by atoms with Gasteiger partial charge in [0.15, 0.2) is 0 Å². The van der Waals surface area contributed by atoms with E-state index in [1.807, 2.05) is 11.3 Å². The molecule has 1 unspecified atom stereocenters. The Morgan fingerprint density at radius 3 is 2.91 bits per heavy atom. The summed E-state index contributed by atoms with van der Waals surface area (Å²) in [6.07, 6.45) is 4.09. The van der Waals surface area contributed by atoms with E-state index < -0.39 is 0 Å². The highest BCUT2D eigenvalue weighted by Gasteiger charge is 2.49. The molecule has 0 N–H and O–H groups in total. The largest absolute Gasteiger partial charge is 0.381 e. The summed E-state index contributed by atoms with van der Waals surface area (Å²) in [5, 5.41) is 2.21. The van der Waals surface area contributed by atoms with Crippen molar-refractivity contribution in [1.82, 2.24) is 4.90 Å². The fourth-order valence-corrected chi connectivity index (χ4v) is 6.52. The normalized spacial score (nSPS) is 28.3. The van der Waals surface area contributed by atoms with Crippen LogP contribution in [0, 0.1) is 12.8 Å². The van der Waals surface area contributed by atoms with Gasteiger partial charge in [0.2, 0.25) is 0 Å². The molecule has 0 aliphatic carbocycles. The summed E-state index contributed by atoms with van der Waals surface area (Å²) in [5.41, 5.74) is 1.45. The molecule has 0 bridgehead atoms. The first-order valence-electron chi connectivity index (χ1n) is 8.81. The molecule has 0 aromatic carbocycles. The van der Waals surface area contributed by atoms with Crippen molar-refractivity contribution in [3.8, 4) is 0 Å². The van der Waals surface area contributed by atoms with Gasteiger partial charge in [0.05, 0.1) is 6.10 Å². The third kappa shape index (κ3) is 3.79. The zero-order chi connectivity index (χ0) is 15.7. The molecule has 3 fully saturated rings. The molecule has 128 valence electrons. The number of hydrogen-bond acceptors (Lipinski definition) is 5. The minimum Gasteiger partial charge on any atom is -0.381 e. The molecule has 4 heterocycles. The summed E-state index contributed by atoms with van der Waals surface area (Å²) in [6.45, 7) is 8.65. The lowest BCUT2D eigenvalue weighted by atomic mass is 9.92. The highest BCUT2D eigenvalue weighted by atomic mass is 32.2. The maximum atomic E-state index is 6.24. The standard InChI is InChI=1S/C18H27NO2S2/c1-14-4-7-22-17(14)9-19-12-18(13-19)8-16(11-23-18)21-10-15-2-5-20-6-3-15/h4,7,15-16H,2-3,5-6,8-13H2,1H3. The van der Waals surface area contributed by atoms with Crippen LogP contribution in [-0.4, -0.2) is 54.4 Å². The van der Waals surface area contributed by atoms with Gasteiger partial charge < -0.3 is 9.47 Å². The van der Waals surface area contributed by atoms with Gasteiger partial charge in [0.1, 0.15) is 0 Å². The molecule has 23 heavy (non-hydrogen) atoms. The molecule has 3 nitrogen and oxygen atoms in total. The Hall–Kier alpha value is -0.0700. The quantitative estimate of drug-likeness (QED) is 0.807. The van der Waals surface area contributed by atoms with E-state index in [2.05, 4.69) is 35.0 Å². The predicted molar refractivity (Wildman–Crippen MR) is 97.4 cm³/mol.